The maximum atomic E-state index is 4.54. The van der Waals surface area contributed by atoms with Gasteiger partial charge in [0.25, 0.3) is 0 Å². The zero-order valence-electron chi connectivity index (χ0n) is 7.49. The van der Waals surface area contributed by atoms with Crippen LogP contribution < -0.4 is 5.73 Å². The largest absolute Gasteiger partial charge is 0.358 e. The van der Waals surface area contributed by atoms with Crippen molar-refractivity contribution < 1.29 is 5.73 Å². The summed E-state index contributed by atoms with van der Waals surface area (Å²) >= 11 is 1.80. The molecule has 0 aliphatic carbocycles. The summed E-state index contributed by atoms with van der Waals surface area (Å²) in [5.41, 5.74) is 4.96. The highest BCUT2D eigenvalue weighted by molar-refractivity contribution is 7.18. The molecule has 1 aromatic heterocycles. The van der Waals surface area contributed by atoms with Gasteiger partial charge in [-0.25, -0.2) is 4.98 Å². The third kappa shape index (κ3) is 1.87. The van der Waals surface area contributed by atoms with Crippen molar-refractivity contribution in [3.05, 3.63) is 29.3 Å². The minimum atomic E-state index is 0.996. The van der Waals surface area contributed by atoms with Crippen molar-refractivity contribution in [3.63, 3.8) is 0 Å². The lowest BCUT2D eigenvalue weighted by molar-refractivity contribution is -0.368. The lowest BCUT2D eigenvalue weighted by Gasteiger charge is -1.88. The number of fused-ring (bicyclic) bond motifs is 1. The van der Waals surface area contributed by atoms with Crippen LogP contribution in [0.25, 0.3) is 10.2 Å². The average molecular weight is 193 g/mol. The fraction of sp³-hybridized carbons (Fsp3) is 0.300. The van der Waals surface area contributed by atoms with Crippen LogP contribution in [0.15, 0.2) is 24.3 Å². The van der Waals surface area contributed by atoms with Gasteiger partial charge in [-0.1, -0.05) is 12.1 Å². The molecular formula is C10H13N2S+. The third-order valence-electron chi connectivity index (χ3n) is 1.98. The average Bonchev–Trinajstić information content (AvgIpc) is 2.57. The summed E-state index contributed by atoms with van der Waals surface area (Å²) in [6.45, 7) is 0.996. The lowest BCUT2D eigenvalue weighted by Crippen LogP contribution is -2.50. The molecule has 0 saturated heterocycles. The molecule has 0 saturated carbocycles. The molecule has 3 N–H and O–H groups in total. The predicted molar refractivity (Wildman–Crippen MR) is 55.7 cm³/mol. The summed E-state index contributed by atoms with van der Waals surface area (Å²) in [4.78, 5) is 4.54. The Labute approximate surface area is 81.4 Å². The van der Waals surface area contributed by atoms with E-state index in [0.717, 1.165) is 24.9 Å². The number of benzene rings is 1. The molecule has 0 aliphatic heterocycles. The van der Waals surface area contributed by atoms with Gasteiger partial charge in [0.1, 0.15) is 0 Å². The van der Waals surface area contributed by atoms with Gasteiger partial charge in [0.2, 0.25) is 0 Å². The number of nitrogens with zero attached hydrogens (tertiary/aromatic N) is 1. The van der Waals surface area contributed by atoms with E-state index in [1.54, 1.807) is 11.3 Å². The molecule has 0 fully saturated rings. The van der Waals surface area contributed by atoms with Crippen molar-refractivity contribution in [2.24, 2.45) is 0 Å². The molecule has 2 rings (SSSR count). The summed E-state index contributed by atoms with van der Waals surface area (Å²) in [7, 11) is 0. The summed E-state index contributed by atoms with van der Waals surface area (Å²) < 4.78 is 1.29. The molecule has 0 bridgehead atoms. The maximum Gasteiger partial charge on any atom is 0.0940 e. The topological polar surface area (TPSA) is 40.5 Å². The molecule has 2 aromatic rings. The second-order valence-corrected chi connectivity index (χ2v) is 4.15. The first-order valence-corrected chi connectivity index (χ1v) is 5.35. The summed E-state index contributed by atoms with van der Waals surface area (Å²) in [6.07, 6.45) is 2.21. The van der Waals surface area contributed by atoms with Crippen molar-refractivity contribution in [2.75, 3.05) is 6.54 Å². The van der Waals surface area contributed by atoms with Crippen LogP contribution in [0.5, 0.6) is 0 Å². The van der Waals surface area contributed by atoms with Gasteiger partial charge >= 0.3 is 0 Å². The van der Waals surface area contributed by atoms with E-state index in [2.05, 4.69) is 28.9 Å². The Morgan fingerprint density at radius 3 is 2.92 bits per heavy atom. The highest BCUT2D eigenvalue weighted by Crippen LogP contribution is 2.21. The molecule has 3 heteroatoms. The van der Waals surface area contributed by atoms with Crippen LogP contribution in [0.1, 0.15) is 11.4 Å². The van der Waals surface area contributed by atoms with Gasteiger partial charge in [0.05, 0.1) is 21.8 Å². The predicted octanol–water partition coefficient (Wildman–Crippen LogP) is 1.47. The van der Waals surface area contributed by atoms with Gasteiger partial charge in [-0.3, -0.25) is 0 Å². The minimum Gasteiger partial charge on any atom is -0.358 e. The van der Waals surface area contributed by atoms with E-state index in [0.29, 0.717) is 0 Å². The van der Waals surface area contributed by atoms with Crippen LogP contribution in [0.3, 0.4) is 0 Å². The Morgan fingerprint density at radius 1 is 1.31 bits per heavy atom. The van der Waals surface area contributed by atoms with E-state index in [1.165, 1.54) is 9.71 Å². The normalized spacial score (nSPS) is 10.8. The summed E-state index contributed by atoms with van der Waals surface area (Å²) in [5.74, 6) is 0. The fourth-order valence-corrected chi connectivity index (χ4v) is 2.31. The Hall–Kier alpha value is -0.930. The first-order chi connectivity index (χ1) is 6.40. The van der Waals surface area contributed by atoms with Crippen LogP contribution >= 0.6 is 11.3 Å². The Kier molecular flexibility index (Phi) is 2.57. The van der Waals surface area contributed by atoms with E-state index in [1.807, 2.05) is 6.07 Å². The van der Waals surface area contributed by atoms with Gasteiger partial charge in [-0.05, 0) is 12.1 Å². The number of para-hydroxylation sites is 1. The lowest BCUT2D eigenvalue weighted by atomic mass is 10.3. The SMILES string of the molecule is [NH3+]CCCc1nc2ccccc2s1. The standard InChI is InChI=1S/C10H12N2S/c11-7-3-6-10-12-8-4-1-2-5-9(8)13-10/h1-2,4-5H,3,6-7,11H2/p+1. The highest BCUT2D eigenvalue weighted by atomic mass is 32.1. The van der Waals surface area contributed by atoms with Gasteiger partial charge < -0.3 is 5.73 Å². The van der Waals surface area contributed by atoms with Crippen molar-refractivity contribution >= 4 is 21.6 Å². The van der Waals surface area contributed by atoms with Crippen LogP contribution in [0.2, 0.25) is 0 Å². The summed E-state index contributed by atoms with van der Waals surface area (Å²) in [6, 6.07) is 8.29. The second-order valence-electron chi connectivity index (χ2n) is 3.03. The molecule has 0 atom stereocenters. The second kappa shape index (κ2) is 3.85. The Balaban J connectivity index is 2.28. The monoisotopic (exact) mass is 193 g/mol. The van der Waals surface area contributed by atoms with E-state index in [-0.39, 0.29) is 0 Å². The van der Waals surface area contributed by atoms with Crippen molar-refractivity contribution in [2.45, 2.75) is 12.8 Å². The van der Waals surface area contributed by atoms with Crippen LogP contribution in [0, 0.1) is 0 Å². The van der Waals surface area contributed by atoms with Crippen molar-refractivity contribution in [1.82, 2.24) is 4.98 Å². The fourth-order valence-electron chi connectivity index (χ4n) is 1.30. The zero-order valence-corrected chi connectivity index (χ0v) is 8.31. The number of aromatic nitrogens is 1. The highest BCUT2D eigenvalue weighted by Gasteiger charge is 2.01. The molecule has 1 heterocycles. The molecular weight excluding hydrogens is 180 g/mol. The van der Waals surface area contributed by atoms with Crippen molar-refractivity contribution in [3.8, 4) is 0 Å². The zero-order chi connectivity index (χ0) is 9.10. The van der Waals surface area contributed by atoms with E-state index in [4.69, 9.17) is 0 Å². The molecule has 0 amide bonds. The van der Waals surface area contributed by atoms with E-state index < -0.39 is 0 Å². The van der Waals surface area contributed by atoms with Gasteiger partial charge in [0.15, 0.2) is 0 Å². The number of aryl methyl sites for hydroxylation is 1. The maximum absolute atomic E-state index is 4.54. The summed E-state index contributed by atoms with van der Waals surface area (Å²) in [5, 5.41) is 1.24. The third-order valence-corrected chi connectivity index (χ3v) is 3.07. The molecule has 0 unspecified atom stereocenters. The van der Waals surface area contributed by atoms with Gasteiger partial charge in [-0.15, -0.1) is 11.3 Å². The molecule has 0 spiro atoms. The molecule has 0 aliphatic rings. The van der Waals surface area contributed by atoms with E-state index >= 15 is 0 Å². The first-order valence-electron chi connectivity index (χ1n) is 4.54. The Morgan fingerprint density at radius 2 is 2.15 bits per heavy atom. The van der Waals surface area contributed by atoms with Crippen LogP contribution in [0.4, 0.5) is 0 Å². The number of quaternary nitrogens is 1. The molecule has 1 aromatic carbocycles. The molecule has 13 heavy (non-hydrogen) atoms. The number of thiazole rings is 1. The first kappa shape index (κ1) is 8.66. The van der Waals surface area contributed by atoms with Crippen molar-refractivity contribution in [1.29, 1.82) is 0 Å². The Bertz CT molecular complexity index is 361. The van der Waals surface area contributed by atoms with Crippen LogP contribution in [-0.2, 0) is 6.42 Å². The number of rotatable bonds is 3. The van der Waals surface area contributed by atoms with Gasteiger partial charge in [0, 0.05) is 12.8 Å². The van der Waals surface area contributed by atoms with Gasteiger partial charge in [-0.2, -0.15) is 0 Å². The molecule has 68 valence electrons. The number of hydrogen-bond donors (Lipinski definition) is 1. The number of hydrogen-bond acceptors (Lipinski definition) is 2. The van der Waals surface area contributed by atoms with Crippen LogP contribution in [-0.4, -0.2) is 11.5 Å². The minimum absolute atomic E-state index is 0.996. The van der Waals surface area contributed by atoms with E-state index in [9.17, 15) is 0 Å². The molecule has 0 radical (unpaired) electrons. The smallest absolute Gasteiger partial charge is 0.0940 e. The molecule has 2 nitrogen and oxygen atoms in total. The quantitative estimate of drug-likeness (QED) is 0.788.